The minimum Gasteiger partial charge on any atom is -0.478 e. The number of anilines is 1. The lowest BCUT2D eigenvalue weighted by atomic mass is 10.2. The van der Waals surface area contributed by atoms with Crippen LogP contribution in [-0.4, -0.2) is 29.7 Å². The summed E-state index contributed by atoms with van der Waals surface area (Å²) in [5.74, 6) is -0.524. The van der Waals surface area contributed by atoms with E-state index >= 15 is 0 Å². The van der Waals surface area contributed by atoms with Crippen molar-refractivity contribution in [3.05, 3.63) is 23.4 Å². The average Bonchev–Trinajstić information content (AvgIpc) is 2.35. The van der Waals surface area contributed by atoms with Gasteiger partial charge in [-0.15, -0.1) is 0 Å². The largest absolute Gasteiger partial charge is 0.478 e. The number of hydrogen-bond acceptors (Lipinski definition) is 4. The Kier molecular flexibility index (Phi) is 4.46. The Balaban J connectivity index is 3.03. The number of aromatic carboxylic acids is 1. The van der Waals surface area contributed by atoms with Gasteiger partial charge in [-0.3, -0.25) is 0 Å². The van der Waals surface area contributed by atoms with E-state index in [1.807, 2.05) is 18.0 Å². The van der Waals surface area contributed by atoms with Gasteiger partial charge in [0.05, 0.1) is 5.56 Å². The van der Waals surface area contributed by atoms with Crippen LogP contribution in [0, 0.1) is 11.3 Å². The molecule has 0 aliphatic rings. The fraction of sp³-hybridized carbons (Fsp3) is 0.417. The predicted molar refractivity (Wildman–Crippen MR) is 64.1 cm³/mol. The van der Waals surface area contributed by atoms with Crippen LogP contribution in [0.4, 0.5) is 5.82 Å². The SMILES string of the molecule is CCCCN(C)c1cc(C(=O)O)cc(C#N)n1. The second-order valence-corrected chi connectivity index (χ2v) is 3.79. The molecule has 0 spiro atoms. The maximum absolute atomic E-state index is 10.9. The second-order valence-electron chi connectivity index (χ2n) is 3.79. The van der Waals surface area contributed by atoms with Crippen molar-refractivity contribution in [1.29, 1.82) is 5.26 Å². The van der Waals surface area contributed by atoms with Crippen molar-refractivity contribution in [2.75, 3.05) is 18.5 Å². The topological polar surface area (TPSA) is 77.2 Å². The summed E-state index contributed by atoms with van der Waals surface area (Å²) in [4.78, 5) is 16.8. The lowest BCUT2D eigenvalue weighted by Crippen LogP contribution is -2.20. The first kappa shape index (κ1) is 13.0. The van der Waals surface area contributed by atoms with E-state index in [0.717, 1.165) is 19.4 Å². The molecule has 0 aromatic carbocycles. The molecular formula is C12H15N3O2. The molecule has 0 aliphatic carbocycles. The van der Waals surface area contributed by atoms with Crippen molar-refractivity contribution in [3.8, 4) is 6.07 Å². The molecule has 1 heterocycles. The molecule has 1 N–H and O–H groups in total. The van der Waals surface area contributed by atoms with Crippen LogP contribution in [0.2, 0.25) is 0 Å². The van der Waals surface area contributed by atoms with Crippen molar-refractivity contribution in [2.24, 2.45) is 0 Å². The summed E-state index contributed by atoms with van der Waals surface area (Å²) >= 11 is 0. The fourth-order valence-corrected chi connectivity index (χ4v) is 1.40. The maximum atomic E-state index is 10.9. The Bertz CT molecular complexity index is 452. The Labute approximate surface area is 100 Å². The second kappa shape index (κ2) is 5.85. The van der Waals surface area contributed by atoms with Crippen molar-refractivity contribution >= 4 is 11.8 Å². The van der Waals surface area contributed by atoms with Crippen LogP contribution in [-0.2, 0) is 0 Å². The van der Waals surface area contributed by atoms with Gasteiger partial charge >= 0.3 is 5.97 Å². The molecule has 1 rings (SSSR count). The summed E-state index contributed by atoms with van der Waals surface area (Å²) in [5.41, 5.74) is 0.221. The highest BCUT2D eigenvalue weighted by molar-refractivity contribution is 5.88. The quantitative estimate of drug-likeness (QED) is 0.840. The third-order valence-corrected chi connectivity index (χ3v) is 2.41. The van der Waals surface area contributed by atoms with E-state index in [2.05, 4.69) is 11.9 Å². The summed E-state index contributed by atoms with van der Waals surface area (Å²) in [6.45, 7) is 2.87. The van der Waals surface area contributed by atoms with Crippen LogP contribution in [0.3, 0.4) is 0 Å². The minimum absolute atomic E-state index is 0.0925. The summed E-state index contributed by atoms with van der Waals surface area (Å²) in [5, 5.41) is 17.7. The lowest BCUT2D eigenvalue weighted by molar-refractivity contribution is 0.0696. The van der Waals surface area contributed by atoms with Crippen LogP contribution in [0.25, 0.3) is 0 Å². The molecule has 17 heavy (non-hydrogen) atoms. The monoisotopic (exact) mass is 233 g/mol. The summed E-state index contributed by atoms with van der Waals surface area (Å²) in [6, 6.07) is 4.63. The number of carbonyl (C=O) groups is 1. The first-order chi connectivity index (χ1) is 8.08. The van der Waals surface area contributed by atoms with E-state index in [-0.39, 0.29) is 11.3 Å². The van der Waals surface area contributed by atoms with Crippen LogP contribution in [0.5, 0.6) is 0 Å². The van der Waals surface area contributed by atoms with Gasteiger partial charge in [-0.25, -0.2) is 9.78 Å². The number of nitrogens with zero attached hydrogens (tertiary/aromatic N) is 3. The maximum Gasteiger partial charge on any atom is 0.335 e. The van der Waals surface area contributed by atoms with Crippen LogP contribution in [0.15, 0.2) is 12.1 Å². The Morgan fingerprint density at radius 3 is 2.82 bits per heavy atom. The molecule has 0 aliphatic heterocycles. The predicted octanol–water partition coefficient (Wildman–Crippen LogP) is 1.89. The molecule has 0 radical (unpaired) electrons. The summed E-state index contributed by atoms with van der Waals surface area (Å²) < 4.78 is 0. The van der Waals surface area contributed by atoms with Crippen molar-refractivity contribution in [1.82, 2.24) is 4.98 Å². The van der Waals surface area contributed by atoms with E-state index in [4.69, 9.17) is 10.4 Å². The number of hydrogen-bond donors (Lipinski definition) is 1. The zero-order valence-electron chi connectivity index (χ0n) is 9.97. The normalized spacial score (nSPS) is 9.71. The van der Waals surface area contributed by atoms with E-state index in [1.54, 1.807) is 0 Å². The number of carboxylic acids is 1. The van der Waals surface area contributed by atoms with Crippen LogP contribution < -0.4 is 4.90 Å². The van der Waals surface area contributed by atoms with E-state index in [1.165, 1.54) is 12.1 Å². The number of rotatable bonds is 5. The first-order valence-corrected chi connectivity index (χ1v) is 5.45. The summed E-state index contributed by atoms with van der Waals surface area (Å²) in [6.07, 6.45) is 2.05. The molecule has 0 amide bonds. The number of pyridine rings is 1. The van der Waals surface area contributed by atoms with Gasteiger partial charge in [-0.2, -0.15) is 5.26 Å². The van der Waals surface area contributed by atoms with Crippen LogP contribution in [0.1, 0.15) is 35.8 Å². The molecule has 1 aromatic heterocycles. The molecule has 1 aromatic rings. The molecule has 0 fully saturated rings. The average molecular weight is 233 g/mol. The van der Waals surface area contributed by atoms with E-state index < -0.39 is 5.97 Å². The third kappa shape index (κ3) is 3.45. The highest BCUT2D eigenvalue weighted by Crippen LogP contribution is 2.14. The van der Waals surface area contributed by atoms with Gasteiger partial charge in [0.1, 0.15) is 17.6 Å². The Hall–Kier alpha value is -2.09. The van der Waals surface area contributed by atoms with Crippen molar-refractivity contribution < 1.29 is 9.90 Å². The number of nitriles is 1. The highest BCUT2D eigenvalue weighted by Gasteiger charge is 2.10. The molecular weight excluding hydrogens is 218 g/mol. The standard InChI is InChI=1S/C12H15N3O2/c1-3-4-5-15(2)11-7-9(12(16)17)6-10(8-13)14-11/h6-7H,3-5H2,1-2H3,(H,16,17). The molecule has 5 nitrogen and oxygen atoms in total. The van der Waals surface area contributed by atoms with Crippen molar-refractivity contribution in [2.45, 2.75) is 19.8 Å². The van der Waals surface area contributed by atoms with Gasteiger partial charge in [0.2, 0.25) is 0 Å². The minimum atomic E-state index is -1.05. The number of aromatic nitrogens is 1. The van der Waals surface area contributed by atoms with E-state index in [0.29, 0.717) is 5.82 Å². The van der Waals surface area contributed by atoms with Gasteiger partial charge < -0.3 is 10.0 Å². The van der Waals surface area contributed by atoms with E-state index in [9.17, 15) is 4.79 Å². The Morgan fingerprint density at radius 2 is 2.29 bits per heavy atom. The molecule has 0 saturated heterocycles. The smallest absolute Gasteiger partial charge is 0.335 e. The molecule has 0 unspecified atom stereocenters. The molecule has 0 saturated carbocycles. The zero-order chi connectivity index (χ0) is 12.8. The van der Waals surface area contributed by atoms with Gasteiger partial charge in [-0.05, 0) is 18.6 Å². The lowest BCUT2D eigenvalue weighted by Gasteiger charge is -2.18. The molecule has 0 atom stereocenters. The van der Waals surface area contributed by atoms with Gasteiger partial charge in [-0.1, -0.05) is 13.3 Å². The highest BCUT2D eigenvalue weighted by atomic mass is 16.4. The van der Waals surface area contributed by atoms with Crippen LogP contribution >= 0.6 is 0 Å². The van der Waals surface area contributed by atoms with Gasteiger partial charge in [0.15, 0.2) is 0 Å². The molecule has 5 heteroatoms. The zero-order valence-corrected chi connectivity index (χ0v) is 9.97. The fourth-order valence-electron chi connectivity index (χ4n) is 1.40. The third-order valence-electron chi connectivity index (χ3n) is 2.41. The van der Waals surface area contributed by atoms with Gasteiger partial charge in [0, 0.05) is 13.6 Å². The number of carboxylic acid groups (broad SMARTS) is 1. The first-order valence-electron chi connectivity index (χ1n) is 5.45. The molecule has 90 valence electrons. The molecule has 0 bridgehead atoms. The summed E-state index contributed by atoms with van der Waals surface area (Å²) in [7, 11) is 1.84. The van der Waals surface area contributed by atoms with Gasteiger partial charge in [0.25, 0.3) is 0 Å². The Morgan fingerprint density at radius 1 is 1.59 bits per heavy atom. The van der Waals surface area contributed by atoms with Crippen molar-refractivity contribution in [3.63, 3.8) is 0 Å². The number of unbranched alkanes of at least 4 members (excludes halogenated alkanes) is 1.